The van der Waals surface area contributed by atoms with Gasteiger partial charge in [-0.3, -0.25) is 4.79 Å². The van der Waals surface area contributed by atoms with Crippen LogP contribution in [0.4, 0.5) is 13.2 Å². The van der Waals surface area contributed by atoms with E-state index in [9.17, 15) is 27.6 Å². The minimum absolute atomic E-state index is 0.0542. The number of hydrogen-bond acceptors (Lipinski definition) is 8. The fraction of sp³-hybridized carbons (Fsp3) is 0.217. The molecular formula is C23H14ClF3NO7S+. The summed E-state index contributed by atoms with van der Waals surface area (Å²) in [5.74, 6) is -5.66. The van der Waals surface area contributed by atoms with E-state index in [0.717, 1.165) is 29.4 Å². The number of aromatic nitrogens is 1. The number of benzene rings is 1. The topological polar surface area (TPSA) is 92.0 Å². The van der Waals surface area contributed by atoms with Crippen LogP contribution < -0.4 is 9.72 Å². The van der Waals surface area contributed by atoms with Crippen molar-refractivity contribution < 1.29 is 51.6 Å². The van der Waals surface area contributed by atoms with Crippen LogP contribution in [0.15, 0.2) is 29.8 Å². The molecule has 5 rings (SSSR count). The molecule has 0 N–H and O–H groups in total. The van der Waals surface area contributed by atoms with Gasteiger partial charge in [0, 0.05) is 17.4 Å². The van der Waals surface area contributed by atoms with E-state index in [1.165, 1.54) is 12.3 Å². The first-order valence-electron chi connectivity index (χ1n) is 10.3. The summed E-state index contributed by atoms with van der Waals surface area (Å²) in [5.41, 5.74) is -1.69. The van der Waals surface area contributed by atoms with Gasteiger partial charge < -0.3 is 9.47 Å². The van der Waals surface area contributed by atoms with Gasteiger partial charge in [0.15, 0.2) is 18.2 Å². The van der Waals surface area contributed by atoms with Crippen molar-refractivity contribution in [3.8, 4) is 11.1 Å². The van der Waals surface area contributed by atoms with Gasteiger partial charge >= 0.3 is 17.5 Å². The molecule has 0 fully saturated rings. The average Bonchev–Trinajstić information content (AvgIpc) is 3.56. The number of hydrogen-bond donors (Lipinski definition) is 0. The van der Waals surface area contributed by atoms with Gasteiger partial charge in [0.05, 0.1) is 33.6 Å². The number of halogens is 4. The van der Waals surface area contributed by atoms with Crippen LogP contribution in [-0.2, 0) is 31.2 Å². The van der Waals surface area contributed by atoms with Gasteiger partial charge in [0.2, 0.25) is 12.0 Å². The minimum atomic E-state index is -1.73. The molecule has 0 saturated carbocycles. The predicted molar refractivity (Wildman–Crippen MR) is 116 cm³/mol. The molecule has 13 heteroatoms. The van der Waals surface area contributed by atoms with Crippen LogP contribution in [0.1, 0.15) is 37.7 Å². The molecule has 1 aliphatic heterocycles. The average molecular weight is 541 g/mol. The highest BCUT2D eigenvalue weighted by Gasteiger charge is 2.63. The van der Waals surface area contributed by atoms with Gasteiger partial charge in [-0.15, -0.1) is 11.3 Å². The second-order valence-electron chi connectivity index (χ2n) is 7.91. The van der Waals surface area contributed by atoms with E-state index in [4.69, 9.17) is 26.2 Å². The summed E-state index contributed by atoms with van der Waals surface area (Å²) in [6, 6.07) is 3.60. The van der Waals surface area contributed by atoms with Gasteiger partial charge in [-0.1, -0.05) is 21.5 Å². The molecule has 1 aromatic carbocycles. The molecule has 8 nitrogen and oxygen atoms in total. The van der Waals surface area contributed by atoms with Gasteiger partial charge in [0.1, 0.15) is 10.7 Å². The summed E-state index contributed by atoms with van der Waals surface area (Å²) in [7, 11) is 1.07. The Labute approximate surface area is 209 Å². The van der Waals surface area contributed by atoms with Crippen molar-refractivity contribution in [3.63, 3.8) is 0 Å². The van der Waals surface area contributed by atoms with Crippen LogP contribution in [0.3, 0.4) is 0 Å². The van der Waals surface area contributed by atoms with Gasteiger partial charge in [-0.05, 0) is 24.6 Å². The van der Waals surface area contributed by atoms with Crippen LogP contribution in [0.2, 0.25) is 5.02 Å². The highest BCUT2D eigenvalue weighted by molar-refractivity contribution is 7.12. The number of rotatable bonds is 6. The lowest BCUT2D eigenvalue weighted by molar-refractivity contribution is -0.938. The number of Topliss-reactive ketones (excluding diaryl/α,β-unsaturated/α-hetero) is 1. The Balaban J connectivity index is 1.39. The molecule has 186 valence electrons. The van der Waals surface area contributed by atoms with Crippen LogP contribution >= 0.6 is 22.9 Å². The van der Waals surface area contributed by atoms with Crippen LogP contribution in [0, 0.1) is 17.5 Å². The fourth-order valence-corrected chi connectivity index (χ4v) is 5.20. The monoisotopic (exact) mass is 540 g/mol. The zero-order valence-corrected chi connectivity index (χ0v) is 19.8. The van der Waals surface area contributed by atoms with E-state index in [1.807, 2.05) is 0 Å². The fourth-order valence-electron chi connectivity index (χ4n) is 4.18. The summed E-state index contributed by atoms with van der Waals surface area (Å²) in [4.78, 5) is 47.0. The molecular weight excluding hydrogens is 527 g/mol. The lowest BCUT2D eigenvalue weighted by atomic mass is 9.99. The van der Waals surface area contributed by atoms with E-state index in [1.54, 1.807) is 0 Å². The first kappa shape index (κ1) is 24.2. The van der Waals surface area contributed by atoms with Crippen molar-refractivity contribution in [2.75, 3.05) is 13.7 Å². The molecule has 3 aromatic rings. The molecule has 2 aliphatic rings. The summed E-state index contributed by atoms with van der Waals surface area (Å²) in [6.45, 7) is -0.829. The summed E-state index contributed by atoms with van der Waals surface area (Å²) in [6.07, 6.45) is 1.55. The maximum Gasteiger partial charge on any atom is 0.355 e. The number of ketones is 1. The van der Waals surface area contributed by atoms with Crippen molar-refractivity contribution in [2.45, 2.75) is 18.4 Å². The normalized spacial score (nSPS) is 17.5. The third kappa shape index (κ3) is 3.64. The van der Waals surface area contributed by atoms with Crippen molar-refractivity contribution in [1.82, 2.24) is 0 Å². The molecule has 0 amide bonds. The Morgan fingerprint density at radius 2 is 2.00 bits per heavy atom. The van der Waals surface area contributed by atoms with E-state index in [0.29, 0.717) is 16.9 Å². The largest absolute Gasteiger partial charge is 0.465 e. The van der Waals surface area contributed by atoms with E-state index < -0.39 is 52.9 Å². The highest BCUT2D eigenvalue weighted by atomic mass is 35.5. The molecule has 1 atom stereocenters. The molecule has 0 saturated heterocycles. The van der Waals surface area contributed by atoms with E-state index >= 15 is 0 Å². The predicted octanol–water partition coefficient (Wildman–Crippen LogP) is 3.50. The number of carbonyl (C=O) groups excluding carboxylic acids is 3. The number of esters is 2. The highest BCUT2D eigenvalue weighted by Crippen LogP contribution is 2.43. The quantitative estimate of drug-likeness (QED) is 0.155. The number of methoxy groups -OCH3 is 1. The lowest BCUT2D eigenvalue weighted by Gasteiger charge is -2.14. The second-order valence-corrected chi connectivity index (χ2v) is 9.20. The third-order valence-electron chi connectivity index (χ3n) is 5.90. The summed E-state index contributed by atoms with van der Waals surface area (Å²) >= 11 is 6.48. The molecule has 0 spiro atoms. The second kappa shape index (κ2) is 8.87. The van der Waals surface area contributed by atoms with Crippen LogP contribution in [0.25, 0.3) is 11.1 Å². The van der Waals surface area contributed by atoms with Gasteiger partial charge in [-0.2, -0.15) is 0 Å². The molecule has 0 bridgehead atoms. The van der Waals surface area contributed by atoms with Crippen molar-refractivity contribution in [1.29, 1.82) is 0 Å². The van der Waals surface area contributed by atoms with Crippen molar-refractivity contribution in [3.05, 3.63) is 73.9 Å². The Morgan fingerprint density at radius 1 is 1.22 bits per heavy atom. The first-order chi connectivity index (χ1) is 17.2. The SMILES string of the molecule is COC(=O)c1scc(C(=O)COC(=O)C23CCc4cc(-c5c(F)ccc(Cl)c5F)c[n+](c42)OO3)c1F. The minimum Gasteiger partial charge on any atom is -0.465 e. The molecule has 36 heavy (non-hydrogen) atoms. The number of thiophene rings is 1. The maximum absolute atomic E-state index is 14.5. The number of nitrogens with zero attached hydrogens (tertiary/aromatic N) is 1. The molecule has 2 aromatic heterocycles. The number of ether oxygens (including phenoxy) is 2. The van der Waals surface area contributed by atoms with Crippen molar-refractivity contribution in [2.24, 2.45) is 0 Å². The Bertz CT molecular complexity index is 1430. The van der Waals surface area contributed by atoms with E-state index in [2.05, 4.69) is 4.74 Å². The van der Waals surface area contributed by atoms with Crippen molar-refractivity contribution >= 4 is 40.7 Å². The lowest BCUT2D eigenvalue weighted by Crippen LogP contribution is -2.41. The molecule has 0 radical (unpaired) electrons. The Hall–Kier alpha value is -3.48. The van der Waals surface area contributed by atoms with Gasteiger partial charge in [0.25, 0.3) is 5.69 Å². The van der Waals surface area contributed by atoms with Gasteiger partial charge in [-0.25, -0.2) is 22.8 Å². The summed E-state index contributed by atoms with van der Waals surface area (Å²) < 4.78 is 54.0. The molecule has 3 heterocycles. The standard InChI is InChI=1S/C23H14ClF3NO7S/c1-32-21(30)19-17(26)12(9-36-19)15(29)8-33-22(31)23-5-4-10-6-11(7-28(20(10)23)35-34-23)16-14(25)3-2-13(24)18(16)27/h2-3,6-7,9H,4-5,8H2,1H3/q+1. The number of aryl methyl sites for hydroxylation is 1. The zero-order valence-electron chi connectivity index (χ0n) is 18.2. The zero-order chi connectivity index (χ0) is 25.8. The number of carbonyl (C=O) groups is 3. The number of pyridine rings is 1. The molecule has 1 aliphatic carbocycles. The van der Waals surface area contributed by atoms with Crippen LogP contribution in [0.5, 0.6) is 0 Å². The molecule has 1 unspecified atom stereocenters. The Morgan fingerprint density at radius 3 is 2.75 bits per heavy atom. The third-order valence-corrected chi connectivity index (χ3v) is 7.12. The maximum atomic E-state index is 14.5. The smallest absolute Gasteiger partial charge is 0.355 e. The van der Waals surface area contributed by atoms with Crippen LogP contribution in [-0.4, -0.2) is 31.4 Å². The summed E-state index contributed by atoms with van der Waals surface area (Å²) in [5, 5.41) is 0.855. The first-order valence-corrected chi connectivity index (χ1v) is 11.6. The Kier molecular flexibility index (Phi) is 5.97. The van der Waals surface area contributed by atoms with E-state index in [-0.39, 0.29) is 39.6 Å².